The van der Waals surface area contributed by atoms with Gasteiger partial charge in [-0.15, -0.1) is 0 Å². The Hall–Kier alpha value is -1.84. The first-order valence-electron chi connectivity index (χ1n) is 13.3. The summed E-state index contributed by atoms with van der Waals surface area (Å²) < 4.78 is 4.96. The van der Waals surface area contributed by atoms with Crippen LogP contribution in [0, 0.1) is 34.5 Å². The number of methoxy groups -OCH3 is 1. The van der Waals surface area contributed by atoms with Crippen molar-refractivity contribution in [1.29, 1.82) is 0 Å². The first kappa shape index (κ1) is 26.8. The van der Waals surface area contributed by atoms with Crippen LogP contribution in [0.1, 0.15) is 98.8 Å². The van der Waals surface area contributed by atoms with E-state index in [1.54, 1.807) is 18.1 Å². The van der Waals surface area contributed by atoms with Crippen LogP contribution in [-0.4, -0.2) is 24.2 Å². The Morgan fingerprint density at radius 2 is 1.91 bits per heavy atom. The molecule has 0 amide bonds. The number of esters is 1. The molecule has 1 N–H and O–H groups in total. The molecule has 4 nitrogen and oxygen atoms in total. The minimum atomic E-state index is -0.813. The van der Waals surface area contributed by atoms with Crippen molar-refractivity contribution in [3.8, 4) is 0 Å². The summed E-state index contributed by atoms with van der Waals surface area (Å²) in [5, 5.41) is 9.15. The molecule has 4 heteroatoms. The van der Waals surface area contributed by atoms with Crippen molar-refractivity contribution in [3.63, 3.8) is 0 Å². The van der Waals surface area contributed by atoms with Gasteiger partial charge in [-0.2, -0.15) is 0 Å². The van der Waals surface area contributed by atoms with Gasteiger partial charge in [-0.25, -0.2) is 4.79 Å². The molecule has 0 aromatic heterocycles. The molecular weight excluding hydrogens is 424 g/mol. The number of carboxylic acid groups (broad SMARTS) is 1. The normalized spacial score (nSPS) is 34.3. The average Bonchev–Trinajstić information content (AvgIpc) is 3.08. The zero-order valence-corrected chi connectivity index (χ0v) is 22.3. The van der Waals surface area contributed by atoms with Gasteiger partial charge in [0.1, 0.15) is 0 Å². The van der Waals surface area contributed by atoms with Crippen molar-refractivity contribution in [2.24, 2.45) is 34.5 Å². The number of aliphatic carboxylic acids is 1. The van der Waals surface area contributed by atoms with E-state index in [0.29, 0.717) is 35.7 Å². The Labute approximate surface area is 206 Å². The van der Waals surface area contributed by atoms with Gasteiger partial charge in [0.25, 0.3) is 0 Å². The van der Waals surface area contributed by atoms with E-state index in [-0.39, 0.29) is 16.8 Å². The molecule has 0 aromatic rings. The summed E-state index contributed by atoms with van der Waals surface area (Å²) in [6, 6.07) is 0. The average molecular weight is 471 g/mol. The zero-order valence-electron chi connectivity index (χ0n) is 22.3. The monoisotopic (exact) mass is 470 g/mol. The Morgan fingerprint density at radius 1 is 1.21 bits per heavy atom. The molecule has 0 radical (unpaired) electrons. The lowest BCUT2D eigenvalue weighted by Gasteiger charge is -2.55. The van der Waals surface area contributed by atoms with Crippen LogP contribution < -0.4 is 0 Å². The van der Waals surface area contributed by atoms with E-state index >= 15 is 0 Å². The van der Waals surface area contributed by atoms with Crippen molar-refractivity contribution >= 4 is 11.9 Å². The predicted molar refractivity (Wildman–Crippen MR) is 137 cm³/mol. The van der Waals surface area contributed by atoms with Gasteiger partial charge < -0.3 is 9.84 Å². The van der Waals surface area contributed by atoms with E-state index in [1.165, 1.54) is 31.9 Å². The number of ether oxygens (including phenoxy) is 1. The molecule has 0 aromatic carbocycles. The molecule has 190 valence electrons. The van der Waals surface area contributed by atoms with Crippen molar-refractivity contribution in [2.75, 3.05) is 7.11 Å². The third kappa shape index (κ3) is 4.79. The summed E-state index contributed by atoms with van der Waals surface area (Å²) in [6.45, 7) is 15.6. The highest BCUT2D eigenvalue weighted by atomic mass is 16.5. The molecule has 3 aliphatic rings. The van der Waals surface area contributed by atoms with E-state index in [2.05, 4.69) is 34.3 Å². The molecule has 0 heterocycles. The molecule has 3 rings (SSSR count). The van der Waals surface area contributed by atoms with Gasteiger partial charge in [-0.3, -0.25) is 4.79 Å². The summed E-state index contributed by atoms with van der Waals surface area (Å²) in [5.74, 6) is 1.21. The van der Waals surface area contributed by atoms with Crippen LogP contribution in [0.5, 0.6) is 0 Å². The van der Waals surface area contributed by atoms with Crippen LogP contribution >= 0.6 is 0 Å². The van der Waals surface area contributed by atoms with Crippen LogP contribution in [0.2, 0.25) is 0 Å². The highest BCUT2D eigenvalue weighted by Gasteiger charge is 2.59. The largest absolute Gasteiger partial charge is 0.478 e. The van der Waals surface area contributed by atoms with Crippen LogP contribution in [0.3, 0.4) is 0 Å². The van der Waals surface area contributed by atoms with Crippen LogP contribution in [0.4, 0.5) is 0 Å². The van der Waals surface area contributed by atoms with Crippen LogP contribution in [0.25, 0.3) is 0 Å². The summed E-state index contributed by atoms with van der Waals surface area (Å²) >= 11 is 0. The molecule has 34 heavy (non-hydrogen) atoms. The topological polar surface area (TPSA) is 63.6 Å². The first-order valence-corrected chi connectivity index (χ1v) is 13.3. The number of hydrogen-bond acceptors (Lipinski definition) is 3. The lowest BCUT2D eigenvalue weighted by Crippen LogP contribution is -2.45. The molecule has 0 bridgehead atoms. The molecule has 3 aliphatic carbocycles. The summed E-state index contributed by atoms with van der Waals surface area (Å²) in [6.07, 6.45) is 12.3. The molecule has 6 atom stereocenters. The van der Waals surface area contributed by atoms with Crippen LogP contribution in [0.15, 0.2) is 34.9 Å². The minimum Gasteiger partial charge on any atom is -0.478 e. The molecule has 0 spiro atoms. The number of allylic oxidation sites excluding steroid dienone is 4. The number of carbonyl (C=O) groups is 2. The Bertz CT molecular complexity index is 880. The summed E-state index contributed by atoms with van der Waals surface area (Å²) in [4.78, 5) is 23.1. The predicted octanol–water partition coefficient (Wildman–Crippen LogP) is 7.50. The number of rotatable bonds is 9. The zero-order chi connectivity index (χ0) is 25.3. The fraction of sp³-hybridized carbons (Fsp3) is 0.733. The maximum Gasteiger partial charge on any atom is 0.330 e. The SMILES string of the molecule is C=C(C)C1CCC2=C(CCC3(C)C(C(C)CCC=C(C)C(=O)O)CCC23C)C1CCC(=O)OC. The summed E-state index contributed by atoms with van der Waals surface area (Å²) in [7, 11) is 1.48. The van der Waals surface area contributed by atoms with Crippen LogP contribution in [-0.2, 0) is 14.3 Å². The second-order valence-electron chi connectivity index (χ2n) is 11.9. The number of carboxylic acids is 1. The van der Waals surface area contributed by atoms with E-state index in [4.69, 9.17) is 9.84 Å². The third-order valence-corrected chi connectivity index (χ3v) is 10.3. The van der Waals surface area contributed by atoms with E-state index in [9.17, 15) is 9.59 Å². The maximum atomic E-state index is 12.0. The number of fused-ring (bicyclic) bond motifs is 2. The first-order chi connectivity index (χ1) is 16.0. The van der Waals surface area contributed by atoms with Crippen molar-refractivity contribution in [1.82, 2.24) is 0 Å². The number of hydrogen-bond donors (Lipinski definition) is 1. The quantitative estimate of drug-likeness (QED) is 0.215. The fourth-order valence-corrected chi connectivity index (χ4v) is 8.01. The van der Waals surface area contributed by atoms with Gasteiger partial charge in [0.2, 0.25) is 0 Å². The number of carbonyl (C=O) groups excluding carboxylic acids is 1. The van der Waals surface area contributed by atoms with Gasteiger partial charge in [0.05, 0.1) is 7.11 Å². The molecule has 1 fully saturated rings. The van der Waals surface area contributed by atoms with Crippen molar-refractivity contribution in [3.05, 3.63) is 34.9 Å². The van der Waals surface area contributed by atoms with Gasteiger partial charge in [0.15, 0.2) is 0 Å². The second-order valence-corrected chi connectivity index (χ2v) is 11.9. The van der Waals surface area contributed by atoms with E-state index < -0.39 is 5.97 Å². The van der Waals surface area contributed by atoms with Gasteiger partial charge >= 0.3 is 11.9 Å². The Balaban J connectivity index is 1.84. The Kier molecular flexibility index (Phi) is 8.20. The van der Waals surface area contributed by atoms with E-state index in [1.807, 2.05) is 6.08 Å². The smallest absolute Gasteiger partial charge is 0.330 e. The van der Waals surface area contributed by atoms with Gasteiger partial charge in [-0.05, 0) is 106 Å². The van der Waals surface area contributed by atoms with Gasteiger partial charge in [-0.1, -0.05) is 50.1 Å². The Morgan fingerprint density at radius 3 is 2.53 bits per heavy atom. The minimum absolute atomic E-state index is 0.109. The lowest BCUT2D eigenvalue weighted by molar-refractivity contribution is -0.141. The molecule has 0 aliphatic heterocycles. The van der Waals surface area contributed by atoms with Crippen molar-refractivity contribution in [2.45, 2.75) is 98.8 Å². The third-order valence-electron chi connectivity index (χ3n) is 10.3. The summed E-state index contributed by atoms with van der Waals surface area (Å²) in [5.41, 5.74) is 5.54. The maximum absolute atomic E-state index is 12.0. The molecule has 6 unspecified atom stereocenters. The highest BCUT2D eigenvalue weighted by Crippen LogP contribution is 2.69. The highest BCUT2D eigenvalue weighted by molar-refractivity contribution is 5.85. The van der Waals surface area contributed by atoms with Gasteiger partial charge in [0, 0.05) is 12.0 Å². The molecular formula is C30H46O4. The molecule has 1 saturated carbocycles. The standard InChI is InChI=1S/C30H46O4/c1-19(2)22-11-13-26-24(23(22)12-14-27(31)34-7)15-17-29(5)25(16-18-30(26,29)6)20(3)9-8-10-21(4)28(32)33/h10,20,22-23,25H,1,8-9,11-18H2,2-7H3,(H,32,33). The van der Waals surface area contributed by atoms with E-state index in [0.717, 1.165) is 38.5 Å². The fourth-order valence-electron chi connectivity index (χ4n) is 8.01. The second kappa shape index (κ2) is 10.4. The molecule has 0 saturated heterocycles. The lowest BCUT2D eigenvalue weighted by atomic mass is 9.49. The van der Waals surface area contributed by atoms with Crippen molar-refractivity contribution < 1.29 is 19.4 Å².